The van der Waals surface area contributed by atoms with Crippen LogP contribution >= 0.6 is 0 Å². The van der Waals surface area contributed by atoms with Crippen LogP contribution in [0.15, 0.2) is 78.4 Å². The summed E-state index contributed by atoms with van der Waals surface area (Å²) in [6, 6.07) is 19.7. The van der Waals surface area contributed by atoms with E-state index in [1.165, 1.54) is 29.2 Å². The number of amides is 1. The van der Waals surface area contributed by atoms with Crippen molar-refractivity contribution in [3.8, 4) is 5.75 Å². The summed E-state index contributed by atoms with van der Waals surface area (Å²) in [5.41, 5.74) is 2.74. The molecule has 3 aromatic rings. The number of hydrogen-bond donors (Lipinski definition) is 1. The van der Waals surface area contributed by atoms with Gasteiger partial charge in [-0.15, -0.1) is 0 Å². The van der Waals surface area contributed by atoms with Crippen LogP contribution in [-0.2, 0) is 16.2 Å². The van der Waals surface area contributed by atoms with Gasteiger partial charge in [0.15, 0.2) is 0 Å². The molecule has 1 heterocycles. The Morgan fingerprint density at radius 3 is 2.36 bits per heavy atom. The Hall–Kier alpha value is -3.97. The molecular formula is C29H29FN2O4. The molecule has 1 aliphatic rings. The first-order valence-corrected chi connectivity index (χ1v) is 11.7. The number of hydrogen-bond acceptors (Lipinski definition) is 5. The monoisotopic (exact) mass is 488 g/mol. The Kier molecular flexibility index (Phi) is 7.50. The maximum atomic E-state index is 13.6. The minimum Gasteiger partial charge on any atom is -0.507 e. The molecule has 7 heteroatoms. The third-order valence-electron chi connectivity index (χ3n) is 6.20. The second kappa shape index (κ2) is 10.7. The molecule has 0 spiro atoms. The average molecular weight is 489 g/mol. The van der Waals surface area contributed by atoms with Crippen LogP contribution in [0.2, 0.25) is 0 Å². The maximum absolute atomic E-state index is 13.6. The van der Waals surface area contributed by atoms with E-state index >= 15 is 0 Å². The van der Waals surface area contributed by atoms with Gasteiger partial charge in [-0.25, -0.2) is 4.39 Å². The Bertz CT molecular complexity index is 1290. The fourth-order valence-corrected chi connectivity index (χ4v) is 4.26. The molecular weight excluding hydrogens is 459 g/mol. The number of Topliss-reactive ketones (excluding diaryl/α,β-unsaturated/α-hetero) is 1. The number of carbonyl (C=O) groups excluding carboxylic acids is 2. The molecule has 0 radical (unpaired) electrons. The lowest BCUT2D eigenvalue weighted by molar-refractivity contribution is -0.140. The van der Waals surface area contributed by atoms with Crippen LogP contribution in [0.1, 0.15) is 28.3 Å². The largest absolute Gasteiger partial charge is 0.507 e. The molecule has 36 heavy (non-hydrogen) atoms. The third kappa shape index (κ3) is 5.31. The predicted octanol–water partition coefficient (Wildman–Crippen LogP) is 4.70. The second-order valence-electron chi connectivity index (χ2n) is 9.10. The van der Waals surface area contributed by atoms with Gasteiger partial charge in [0.2, 0.25) is 0 Å². The van der Waals surface area contributed by atoms with Gasteiger partial charge in [-0.1, -0.05) is 42.5 Å². The van der Waals surface area contributed by atoms with Crippen LogP contribution in [0.5, 0.6) is 5.75 Å². The standard InChI is InChI=1S/C29H29FN2O4/c1-19-17-22(11-14-24(19)36-18-20-7-5-4-6-8-20)27(33)25-26(21-9-12-23(30)13-10-21)32(16-15-31(2)3)29(35)28(25)34/h4-14,17,26,33H,15-16,18H2,1-3H3/b27-25+/t26-/m0/s1. The molecule has 1 fully saturated rings. The second-order valence-corrected chi connectivity index (χ2v) is 9.10. The number of aliphatic hydroxyl groups excluding tert-OH is 1. The van der Waals surface area contributed by atoms with E-state index in [2.05, 4.69) is 0 Å². The van der Waals surface area contributed by atoms with Gasteiger partial charge in [0.05, 0.1) is 11.6 Å². The molecule has 1 aliphatic heterocycles. The van der Waals surface area contributed by atoms with Gasteiger partial charge in [0.25, 0.3) is 11.7 Å². The first kappa shape index (κ1) is 25.1. The number of carbonyl (C=O) groups is 2. The van der Waals surface area contributed by atoms with E-state index < -0.39 is 23.5 Å². The van der Waals surface area contributed by atoms with E-state index in [0.717, 1.165) is 11.1 Å². The molecule has 0 bridgehead atoms. The summed E-state index contributed by atoms with van der Waals surface area (Å²) in [7, 11) is 3.74. The number of aryl methyl sites for hydroxylation is 1. The van der Waals surface area contributed by atoms with Gasteiger partial charge in [-0.3, -0.25) is 9.59 Å². The fourth-order valence-electron chi connectivity index (χ4n) is 4.26. The minimum absolute atomic E-state index is 0.0114. The van der Waals surface area contributed by atoms with Crippen molar-refractivity contribution < 1.29 is 23.8 Å². The number of halogens is 1. The van der Waals surface area contributed by atoms with Gasteiger partial charge in [0, 0.05) is 18.7 Å². The average Bonchev–Trinajstić information content (AvgIpc) is 3.12. The molecule has 186 valence electrons. The number of aliphatic hydroxyl groups is 1. The van der Waals surface area contributed by atoms with Crippen molar-refractivity contribution in [2.24, 2.45) is 0 Å². The van der Waals surface area contributed by atoms with Crippen molar-refractivity contribution >= 4 is 17.4 Å². The van der Waals surface area contributed by atoms with E-state index in [4.69, 9.17) is 4.74 Å². The van der Waals surface area contributed by atoms with Crippen molar-refractivity contribution in [2.45, 2.75) is 19.6 Å². The van der Waals surface area contributed by atoms with Crippen LogP contribution in [0.25, 0.3) is 5.76 Å². The number of ketones is 1. The lowest BCUT2D eigenvalue weighted by Gasteiger charge is -2.26. The summed E-state index contributed by atoms with van der Waals surface area (Å²) in [5.74, 6) is -1.50. The third-order valence-corrected chi connectivity index (χ3v) is 6.20. The van der Waals surface area contributed by atoms with Crippen molar-refractivity contribution in [1.29, 1.82) is 0 Å². The van der Waals surface area contributed by atoms with Gasteiger partial charge < -0.3 is 19.6 Å². The van der Waals surface area contributed by atoms with E-state index in [0.29, 0.717) is 30.0 Å². The molecule has 1 atom stereocenters. The first-order valence-electron chi connectivity index (χ1n) is 11.7. The van der Waals surface area contributed by atoms with Crippen molar-refractivity contribution in [3.63, 3.8) is 0 Å². The Morgan fingerprint density at radius 2 is 1.72 bits per heavy atom. The van der Waals surface area contributed by atoms with Crippen LogP contribution in [0.3, 0.4) is 0 Å². The van der Waals surface area contributed by atoms with Gasteiger partial charge in [-0.05, 0) is 68.0 Å². The molecule has 1 N–H and O–H groups in total. The highest BCUT2D eigenvalue weighted by Gasteiger charge is 2.45. The summed E-state index contributed by atoms with van der Waals surface area (Å²) >= 11 is 0. The smallest absolute Gasteiger partial charge is 0.295 e. The number of likely N-dealkylation sites (N-methyl/N-ethyl adjacent to an activating group) is 1. The number of nitrogens with zero attached hydrogens (tertiary/aromatic N) is 2. The molecule has 0 saturated carbocycles. The maximum Gasteiger partial charge on any atom is 0.295 e. The predicted molar refractivity (Wildman–Crippen MR) is 136 cm³/mol. The van der Waals surface area contributed by atoms with Gasteiger partial charge in [0.1, 0.15) is 23.9 Å². The number of likely N-dealkylation sites (tertiary alicyclic amines) is 1. The molecule has 0 unspecified atom stereocenters. The normalized spacial score (nSPS) is 17.1. The van der Waals surface area contributed by atoms with E-state index in [1.54, 1.807) is 18.2 Å². The van der Waals surface area contributed by atoms with Crippen LogP contribution in [0.4, 0.5) is 4.39 Å². The van der Waals surface area contributed by atoms with Crippen molar-refractivity contribution in [1.82, 2.24) is 9.80 Å². The summed E-state index contributed by atoms with van der Waals surface area (Å²) in [6.45, 7) is 3.05. The topological polar surface area (TPSA) is 70.1 Å². The SMILES string of the molecule is Cc1cc(/C(O)=C2\C(=O)C(=O)N(CCN(C)C)[C@H]2c2ccc(F)cc2)ccc1OCc1ccccc1. The fraction of sp³-hybridized carbons (Fsp3) is 0.241. The lowest BCUT2D eigenvalue weighted by atomic mass is 9.94. The zero-order chi connectivity index (χ0) is 25.8. The summed E-state index contributed by atoms with van der Waals surface area (Å²) in [6.07, 6.45) is 0. The minimum atomic E-state index is -0.820. The highest BCUT2D eigenvalue weighted by molar-refractivity contribution is 6.46. The van der Waals surface area contributed by atoms with Crippen LogP contribution in [0, 0.1) is 12.7 Å². The zero-order valence-electron chi connectivity index (χ0n) is 20.6. The zero-order valence-corrected chi connectivity index (χ0v) is 20.6. The molecule has 0 aliphatic carbocycles. The Labute approximate surface area is 210 Å². The molecule has 6 nitrogen and oxygen atoms in total. The highest BCUT2D eigenvalue weighted by atomic mass is 19.1. The number of rotatable bonds is 8. The van der Waals surface area contributed by atoms with Crippen LogP contribution in [-0.4, -0.2) is 53.8 Å². The van der Waals surface area contributed by atoms with Gasteiger partial charge >= 0.3 is 0 Å². The molecule has 3 aromatic carbocycles. The number of ether oxygens (including phenoxy) is 1. The van der Waals surface area contributed by atoms with E-state index in [1.807, 2.05) is 56.3 Å². The molecule has 4 rings (SSSR count). The van der Waals surface area contributed by atoms with Crippen molar-refractivity contribution in [3.05, 3.63) is 106 Å². The quantitative estimate of drug-likeness (QED) is 0.283. The summed E-state index contributed by atoms with van der Waals surface area (Å²) in [5, 5.41) is 11.3. The van der Waals surface area contributed by atoms with Gasteiger partial charge in [-0.2, -0.15) is 0 Å². The highest BCUT2D eigenvalue weighted by Crippen LogP contribution is 2.39. The Balaban J connectivity index is 1.69. The lowest BCUT2D eigenvalue weighted by Crippen LogP contribution is -2.35. The molecule has 0 aromatic heterocycles. The first-order chi connectivity index (χ1) is 17.3. The van der Waals surface area contributed by atoms with Crippen molar-refractivity contribution in [2.75, 3.05) is 27.2 Å². The van der Waals surface area contributed by atoms with E-state index in [-0.39, 0.29) is 17.9 Å². The summed E-state index contributed by atoms with van der Waals surface area (Å²) in [4.78, 5) is 29.4. The van der Waals surface area contributed by atoms with E-state index in [9.17, 15) is 19.1 Å². The molecule has 1 amide bonds. The number of benzene rings is 3. The summed E-state index contributed by atoms with van der Waals surface area (Å²) < 4.78 is 19.6. The van der Waals surface area contributed by atoms with Crippen LogP contribution < -0.4 is 4.74 Å². The molecule has 1 saturated heterocycles. The Morgan fingerprint density at radius 1 is 1.03 bits per heavy atom.